The summed E-state index contributed by atoms with van der Waals surface area (Å²) in [6, 6.07) is 0.796. The summed E-state index contributed by atoms with van der Waals surface area (Å²) in [4.78, 5) is 65.5. The van der Waals surface area contributed by atoms with Crippen molar-refractivity contribution in [1.82, 2.24) is 24.1 Å². The van der Waals surface area contributed by atoms with Crippen LogP contribution in [0.1, 0.15) is 92.7 Å². The highest BCUT2D eigenvalue weighted by atomic mass is 32.3. The number of esters is 4. The number of morpholine rings is 1. The number of nitrogens with zero attached hydrogens (tertiary/aromatic N) is 3. The summed E-state index contributed by atoms with van der Waals surface area (Å²) in [5.74, 6) is -4.09. The Hall–Kier alpha value is -4.01. The monoisotopic (exact) mass is 952 g/mol. The molecule has 4 heterocycles. The van der Waals surface area contributed by atoms with Crippen LogP contribution in [-0.2, 0) is 67.5 Å². The normalized spacial score (nSPS) is 19.5. The van der Waals surface area contributed by atoms with Crippen LogP contribution in [0.15, 0.2) is 14.5 Å². The fourth-order valence-electron chi connectivity index (χ4n) is 5.97. The van der Waals surface area contributed by atoms with E-state index in [2.05, 4.69) is 19.4 Å². The second-order valence-corrected chi connectivity index (χ2v) is 21.7. The molecule has 2 aromatic heterocycles. The van der Waals surface area contributed by atoms with Crippen molar-refractivity contribution in [3.63, 3.8) is 0 Å². The highest BCUT2D eigenvalue weighted by molar-refractivity contribution is 7.95. The molecule has 0 unspecified atom stereocenters. The van der Waals surface area contributed by atoms with Gasteiger partial charge in [-0.25, -0.2) is 31.1 Å². The van der Waals surface area contributed by atoms with Crippen LogP contribution >= 0.6 is 23.1 Å². The smallest absolute Gasteiger partial charge is 0.347 e. The van der Waals surface area contributed by atoms with E-state index in [1.54, 1.807) is 4.72 Å². The molecule has 62 heavy (non-hydrogen) atoms. The van der Waals surface area contributed by atoms with Crippen LogP contribution in [0.3, 0.4) is 0 Å². The van der Waals surface area contributed by atoms with Gasteiger partial charge in [-0.3, -0.25) is 14.4 Å². The molecule has 3 N–H and O–H groups in total. The Bertz CT molecular complexity index is 2120. The zero-order chi connectivity index (χ0) is 46.0. The van der Waals surface area contributed by atoms with Crippen LogP contribution in [0.5, 0.6) is 5.88 Å². The third-order valence-corrected chi connectivity index (χ3v) is 15.6. The van der Waals surface area contributed by atoms with Gasteiger partial charge >= 0.3 is 23.9 Å². The van der Waals surface area contributed by atoms with Gasteiger partial charge in [0.25, 0.3) is 21.8 Å². The van der Waals surface area contributed by atoms with Crippen LogP contribution in [-0.4, -0.2) is 137 Å². The van der Waals surface area contributed by atoms with E-state index in [9.17, 15) is 40.8 Å². The third-order valence-electron chi connectivity index (χ3n) is 9.39. The number of thiophene rings is 1. The minimum atomic E-state index is -4.58. The maximum absolute atomic E-state index is 13.1. The van der Waals surface area contributed by atoms with Gasteiger partial charge in [0.05, 0.1) is 30.2 Å². The first-order chi connectivity index (χ1) is 29.0. The van der Waals surface area contributed by atoms with Gasteiger partial charge in [0.15, 0.2) is 28.1 Å². The molecule has 25 heteroatoms. The molecule has 4 rings (SSSR count). The quantitative estimate of drug-likeness (QED) is 0.119. The van der Waals surface area contributed by atoms with Crippen LogP contribution in [0, 0.1) is 0 Å². The zero-order valence-corrected chi connectivity index (χ0v) is 39.2. The van der Waals surface area contributed by atoms with Crippen LogP contribution in [0.2, 0.25) is 0 Å². The van der Waals surface area contributed by atoms with Crippen molar-refractivity contribution in [3.8, 4) is 5.88 Å². The Morgan fingerprint density at radius 2 is 1.56 bits per heavy atom. The Morgan fingerprint density at radius 1 is 0.952 bits per heavy atom. The lowest BCUT2D eigenvalue weighted by Gasteiger charge is -2.27. The molecule has 0 aromatic carbocycles. The number of hydrogen-bond acceptors (Lipinski definition) is 22. The minimum absolute atomic E-state index is 0.0105. The van der Waals surface area contributed by atoms with Crippen molar-refractivity contribution < 1.29 is 69.2 Å². The number of anilines is 1. The van der Waals surface area contributed by atoms with E-state index in [-0.39, 0.29) is 48.6 Å². The average molecular weight is 953 g/mol. The van der Waals surface area contributed by atoms with Crippen LogP contribution in [0.25, 0.3) is 0 Å². The molecule has 2 aromatic rings. The van der Waals surface area contributed by atoms with E-state index < -0.39 is 89.6 Å². The first kappa shape index (κ1) is 50.6. The first-order valence-corrected chi connectivity index (χ1v) is 24.6. The predicted octanol–water partition coefficient (Wildman–Crippen LogP) is 1.80. The van der Waals surface area contributed by atoms with E-state index >= 15 is 0 Å². The lowest BCUT2D eigenvalue weighted by molar-refractivity contribution is -0.179. The molecule has 1 saturated heterocycles. The van der Waals surface area contributed by atoms with Gasteiger partial charge in [0, 0.05) is 49.6 Å². The van der Waals surface area contributed by atoms with E-state index in [4.69, 9.17) is 28.4 Å². The molecule has 6 atom stereocenters. The lowest BCUT2D eigenvalue weighted by Crippen LogP contribution is -2.44. The molecule has 21 nitrogen and oxygen atoms in total. The largest absolute Gasteiger partial charge is 0.470 e. The van der Waals surface area contributed by atoms with Gasteiger partial charge in [0.2, 0.25) is 5.82 Å². The van der Waals surface area contributed by atoms with Gasteiger partial charge in [0.1, 0.15) is 21.1 Å². The maximum Gasteiger partial charge on any atom is 0.347 e. The van der Waals surface area contributed by atoms with E-state index in [1.165, 1.54) is 19.9 Å². The summed E-state index contributed by atoms with van der Waals surface area (Å²) in [5, 5.41) is 5.67. The highest BCUT2D eigenvalue weighted by Gasteiger charge is 2.40. The summed E-state index contributed by atoms with van der Waals surface area (Å²) in [5.41, 5.74) is 0.00216. The number of sulfonamides is 1. The number of carbonyl (C=O) groups is 5. The number of amides is 1. The zero-order valence-electron chi connectivity index (χ0n) is 35.9. The fraction of sp³-hybridized carbons (Fsp3) is 0.703. The van der Waals surface area contributed by atoms with Crippen LogP contribution in [0.4, 0.5) is 5.82 Å². The Balaban J connectivity index is 1.20. The number of sulfone groups is 1. The summed E-state index contributed by atoms with van der Waals surface area (Å²) < 4.78 is 94.2. The number of fused-ring (bicyclic) bond motifs is 1. The molecule has 0 bridgehead atoms. The molecule has 1 amide bonds. The first-order valence-electron chi connectivity index (χ1n) is 20.0. The summed E-state index contributed by atoms with van der Waals surface area (Å²) in [7, 11) is -8.38. The van der Waals surface area contributed by atoms with Crippen molar-refractivity contribution in [2.24, 2.45) is 0 Å². The molecule has 0 spiro atoms. The molecule has 1 fully saturated rings. The molecule has 2 aliphatic rings. The van der Waals surface area contributed by atoms with Crippen LogP contribution < -0.4 is 25.0 Å². The summed E-state index contributed by atoms with van der Waals surface area (Å²) >= 11 is 1.52. The number of ether oxygens (including phenoxy) is 6. The molecule has 348 valence electrons. The average Bonchev–Trinajstić information content (AvgIpc) is 3.87. The molecule has 2 aliphatic heterocycles. The van der Waals surface area contributed by atoms with Gasteiger partial charge in [-0.15, -0.1) is 15.7 Å². The van der Waals surface area contributed by atoms with Gasteiger partial charge in [-0.2, -0.15) is 4.37 Å². The predicted molar refractivity (Wildman–Crippen MR) is 224 cm³/mol. The van der Waals surface area contributed by atoms with Crippen molar-refractivity contribution >= 4 is 78.5 Å². The lowest BCUT2D eigenvalue weighted by atomic mass is 10.1. The second-order valence-electron chi connectivity index (χ2n) is 15.7. The van der Waals surface area contributed by atoms with E-state index in [1.807, 2.05) is 32.6 Å². The number of carbonyl (C=O) groups excluding carboxylic acids is 5. The Labute approximate surface area is 369 Å². The molecule has 0 saturated carbocycles. The fourth-order valence-corrected chi connectivity index (χ4v) is 11.5. The van der Waals surface area contributed by atoms with E-state index in [0.717, 1.165) is 25.6 Å². The topological polar surface area (TPSA) is 274 Å². The standard InChI is InChI=1S/C37H56N6O15S4/c1-9-38-27-17-21(2)61(49,50)36-26(27)18-30(59-36)62(51,52)42-32(46)22(3)56-35(48)24(5)57-34(47)23(4)55-28(44)11-10-12-29(45)58-25(19-39-37(6,7)8)20-54-33-31(40-60-41-33)43-13-15-53-16-14-43/h18,21-25,27,38-39H,9-17,19-20H2,1-8H3,(H,42,46)/t21-,22-,23-,24-,25-,27-/m0/s1. The second kappa shape index (κ2) is 22.1. The molecular formula is C37H56N6O15S4. The van der Waals surface area contributed by atoms with Crippen molar-refractivity contribution in [3.05, 3.63) is 11.6 Å². The van der Waals surface area contributed by atoms with Crippen molar-refractivity contribution in [1.29, 1.82) is 0 Å². The molecule has 0 aliphatic carbocycles. The van der Waals surface area contributed by atoms with Crippen molar-refractivity contribution in [2.75, 3.05) is 50.9 Å². The van der Waals surface area contributed by atoms with Crippen molar-refractivity contribution in [2.45, 2.75) is 131 Å². The Kier molecular flexibility index (Phi) is 18.0. The number of nitrogens with one attached hydrogen (secondary N) is 3. The third kappa shape index (κ3) is 14.3. The SMILES string of the molecule is CCN[C@H]1C[C@H](C)S(=O)(=O)c2sc(S(=O)(=O)NC(=O)[C@H](C)OC(=O)[C@H](C)OC(=O)[C@H](C)OC(=O)CCCC(=O)O[C@@H](CNC(C)(C)C)COc3nsnc3N3CCOCC3)cc21. The number of aromatic nitrogens is 2. The van der Waals surface area contributed by atoms with Gasteiger partial charge in [-0.05, 0) is 73.9 Å². The number of hydrogen-bond donors (Lipinski definition) is 3. The Morgan fingerprint density at radius 3 is 2.19 bits per heavy atom. The van der Waals surface area contributed by atoms with Gasteiger partial charge in [-0.1, -0.05) is 6.92 Å². The van der Waals surface area contributed by atoms with Gasteiger partial charge < -0.3 is 44.0 Å². The maximum atomic E-state index is 13.1. The summed E-state index contributed by atoms with van der Waals surface area (Å²) in [6.07, 6.45) is -5.61. The van der Waals surface area contributed by atoms with E-state index in [0.29, 0.717) is 61.4 Å². The molecular weight excluding hydrogens is 897 g/mol. The highest BCUT2D eigenvalue weighted by Crippen LogP contribution is 2.42. The summed E-state index contributed by atoms with van der Waals surface area (Å²) in [6.45, 7) is 15.8. The number of rotatable bonds is 21. The minimum Gasteiger partial charge on any atom is -0.470 e. The molecule has 0 radical (unpaired) electrons.